The monoisotopic (exact) mass is 361 g/mol. The van der Waals surface area contributed by atoms with Crippen molar-refractivity contribution in [2.75, 3.05) is 55.3 Å². The van der Waals surface area contributed by atoms with Gasteiger partial charge >= 0.3 is 0 Å². The van der Waals surface area contributed by atoms with Gasteiger partial charge in [0.1, 0.15) is 22.4 Å². The Bertz CT molecular complexity index is 697. The van der Waals surface area contributed by atoms with Crippen LogP contribution in [0.25, 0.3) is 11.0 Å². The van der Waals surface area contributed by atoms with Crippen LogP contribution in [0.3, 0.4) is 0 Å². The van der Waals surface area contributed by atoms with Crippen molar-refractivity contribution in [3.05, 3.63) is 6.33 Å². The average molecular weight is 362 g/mol. The summed E-state index contributed by atoms with van der Waals surface area (Å²) in [6.07, 6.45) is 5.81. The minimum absolute atomic E-state index is 0.798. The van der Waals surface area contributed by atoms with E-state index in [0.717, 1.165) is 79.9 Å². The number of piperazine rings is 1. The van der Waals surface area contributed by atoms with E-state index in [1.807, 2.05) is 6.26 Å². The number of aromatic nitrogens is 4. The Morgan fingerprint density at radius 3 is 2.44 bits per heavy atom. The van der Waals surface area contributed by atoms with Crippen molar-refractivity contribution in [2.45, 2.75) is 31.7 Å². The van der Waals surface area contributed by atoms with E-state index >= 15 is 0 Å². The topological polar surface area (TPSA) is 70.1 Å². The maximum atomic E-state index is 4.95. The van der Waals surface area contributed by atoms with Crippen molar-refractivity contribution in [1.82, 2.24) is 25.3 Å². The molecule has 8 heteroatoms. The van der Waals surface area contributed by atoms with Gasteiger partial charge in [-0.15, -0.1) is 11.8 Å². The van der Waals surface area contributed by atoms with Crippen LogP contribution in [0.1, 0.15) is 26.7 Å². The number of fused-ring (bicyclic) bond motifs is 1. The van der Waals surface area contributed by atoms with Crippen LogP contribution in [0.4, 0.5) is 11.8 Å². The lowest BCUT2D eigenvalue weighted by Gasteiger charge is -2.29. The smallest absolute Gasteiger partial charge is 0.228 e. The third-order valence-corrected chi connectivity index (χ3v) is 4.98. The van der Waals surface area contributed by atoms with Gasteiger partial charge < -0.3 is 15.1 Å². The molecule has 1 aliphatic rings. The first-order chi connectivity index (χ1) is 12.3. The number of hydrogen-bond acceptors (Lipinski definition) is 8. The largest absolute Gasteiger partial charge is 0.355 e. The molecule has 3 rings (SSSR count). The zero-order valence-electron chi connectivity index (χ0n) is 15.3. The highest BCUT2D eigenvalue weighted by Gasteiger charge is 2.21. The first-order valence-corrected chi connectivity index (χ1v) is 10.3. The van der Waals surface area contributed by atoms with Gasteiger partial charge in [-0.05, 0) is 19.1 Å². The third kappa shape index (κ3) is 3.95. The molecule has 2 aromatic rings. The molecule has 0 aliphatic carbocycles. The predicted octanol–water partition coefficient (Wildman–Crippen LogP) is 2.18. The lowest BCUT2D eigenvalue weighted by molar-refractivity contribution is 0.580. The second-order valence-corrected chi connectivity index (χ2v) is 6.95. The van der Waals surface area contributed by atoms with Crippen LogP contribution in [-0.4, -0.2) is 65.5 Å². The third-order valence-electron chi connectivity index (χ3n) is 4.30. The highest BCUT2D eigenvalue weighted by molar-refractivity contribution is 7.98. The van der Waals surface area contributed by atoms with Crippen molar-refractivity contribution in [3.8, 4) is 0 Å². The fourth-order valence-electron chi connectivity index (χ4n) is 3.14. The van der Waals surface area contributed by atoms with Crippen LogP contribution >= 0.6 is 11.8 Å². The zero-order valence-corrected chi connectivity index (χ0v) is 16.1. The van der Waals surface area contributed by atoms with E-state index in [0.29, 0.717) is 0 Å². The molecule has 0 saturated carbocycles. The van der Waals surface area contributed by atoms with E-state index in [1.165, 1.54) is 0 Å². The minimum Gasteiger partial charge on any atom is -0.355 e. The molecule has 0 aromatic carbocycles. The number of hydrogen-bond donors (Lipinski definition) is 1. The molecule has 1 N–H and O–H groups in total. The molecule has 0 amide bonds. The van der Waals surface area contributed by atoms with Crippen LogP contribution in [0, 0.1) is 0 Å². The maximum Gasteiger partial charge on any atom is 0.228 e. The van der Waals surface area contributed by atoms with Crippen LogP contribution in [0.2, 0.25) is 0 Å². The standard InChI is InChI=1S/C17H27N7S/c1-4-8-23(9-5-2)15-13-14(16(25-3)20-12-19-13)21-17(22-15)24-10-6-18-7-11-24/h12,18H,4-11H2,1-3H3. The minimum atomic E-state index is 0.798. The van der Waals surface area contributed by atoms with Crippen molar-refractivity contribution in [2.24, 2.45) is 0 Å². The molecular formula is C17H27N7S. The van der Waals surface area contributed by atoms with Gasteiger partial charge in [0, 0.05) is 39.3 Å². The summed E-state index contributed by atoms with van der Waals surface area (Å²) >= 11 is 1.61. The lowest BCUT2D eigenvalue weighted by Crippen LogP contribution is -2.44. The van der Waals surface area contributed by atoms with E-state index in [-0.39, 0.29) is 0 Å². The van der Waals surface area contributed by atoms with Gasteiger partial charge in [0.15, 0.2) is 5.82 Å². The Kier molecular flexibility index (Phi) is 6.25. The molecule has 7 nitrogen and oxygen atoms in total. The Morgan fingerprint density at radius 1 is 1.08 bits per heavy atom. The zero-order chi connectivity index (χ0) is 17.6. The molecule has 136 valence electrons. The van der Waals surface area contributed by atoms with Crippen LogP contribution in [0.5, 0.6) is 0 Å². The predicted molar refractivity (Wildman–Crippen MR) is 105 cm³/mol. The van der Waals surface area contributed by atoms with Crippen LogP contribution in [-0.2, 0) is 0 Å². The first-order valence-electron chi connectivity index (χ1n) is 9.05. The Labute approximate surface area is 153 Å². The summed E-state index contributed by atoms with van der Waals surface area (Å²) in [6.45, 7) is 10.1. The number of thioether (sulfide) groups is 1. The van der Waals surface area contributed by atoms with Crippen molar-refractivity contribution in [3.63, 3.8) is 0 Å². The molecule has 0 atom stereocenters. The van der Waals surface area contributed by atoms with Gasteiger partial charge in [0.05, 0.1) is 0 Å². The molecule has 0 unspecified atom stereocenters. The molecular weight excluding hydrogens is 334 g/mol. The molecule has 0 spiro atoms. The second-order valence-electron chi connectivity index (χ2n) is 6.15. The average Bonchev–Trinajstić information content (AvgIpc) is 2.67. The molecule has 0 radical (unpaired) electrons. The molecule has 3 heterocycles. The van der Waals surface area contributed by atoms with Gasteiger partial charge in [0.2, 0.25) is 5.95 Å². The van der Waals surface area contributed by atoms with Gasteiger partial charge in [0.25, 0.3) is 0 Å². The Morgan fingerprint density at radius 2 is 1.80 bits per heavy atom. The number of anilines is 2. The van der Waals surface area contributed by atoms with Gasteiger partial charge in [-0.2, -0.15) is 4.98 Å². The van der Waals surface area contributed by atoms with E-state index in [2.05, 4.69) is 38.9 Å². The quantitative estimate of drug-likeness (QED) is 0.594. The summed E-state index contributed by atoms with van der Waals surface area (Å²) in [7, 11) is 0. The summed E-state index contributed by atoms with van der Waals surface area (Å²) in [4.78, 5) is 23.4. The number of nitrogens with zero attached hydrogens (tertiary/aromatic N) is 6. The Hall–Kier alpha value is -1.67. The first kappa shape index (κ1) is 18.1. The molecule has 2 aromatic heterocycles. The summed E-state index contributed by atoms with van der Waals surface area (Å²) in [6, 6.07) is 0. The van der Waals surface area contributed by atoms with Crippen molar-refractivity contribution >= 4 is 34.6 Å². The van der Waals surface area contributed by atoms with Gasteiger partial charge in [-0.1, -0.05) is 13.8 Å². The molecule has 1 aliphatic heterocycles. The molecule has 25 heavy (non-hydrogen) atoms. The SMILES string of the molecule is CCCN(CCC)c1nc(N2CCNCC2)nc2c(SC)ncnc12. The van der Waals surface area contributed by atoms with Crippen LogP contribution in [0.15, 0.2) is 11.4 Å². The summed E-state index contributed by atoms with van der Waals surface area (Å²) < 4.78 is 0. The molecule has 0 bridgehead atoms. The summed E-state index contributed by atoms with van der Waals surface area (Å²) in [5, 5.41) is 4.30. The summed E-state index contributed by atoms with van der Waals surface area (Å²) in [5.74, 6) is 1.74. The normalized spacial score (nSPS) is 14.9. The van der Waals surface area contributed by atoms with Gasteiger partial charge in [-0.25, -0.2) is 15.0 Å². The van der Waals surface area contributed by atoms with E-state index in [1.54, 1.807) is 18.1 Å². The van der Waals surface area contributed by atoms with E-state index in [9.17, 15) is 0 Å². The fourth-order valence-corrected chi connectivity index (χ4v) is 3.63. The maximum absolute atomic E-state index is 4.95. The lowest BCUT2D eigenvalue weighted by atomic mass is 10.3. The summed E-state index contributed by atoms with van der Waals surface area (Å²) in [5.41, 5.74) is 1.73. The van der Waals surface area contributed by atoms with E-state index < -0.39 is 0 Å². The fraction of sp³-hybridized carbons (Fsp3) is 0.647. The Balaban J connectivity index is 2.14. The second kappa shape index (κ2) is 8.62. The van der Waals surface area contributed by atoms with Crippen LogP contribution < -0.4 is 15.1 Å². The molecule has 1 fully saturated rings. The highest BCUT2D eigenvalue weighted by atomic mass is 32.2. The number of rotatable bonds is 7. The van der Waals surface area contributed by atoms with Crippen molar-refractivity contribution in [1.29, 1.82) is 0 Å². The van der Waals surface area contributed by atoms with Gasteiger partial charge in [-0.3, -0.25) is 0 Å². The highest BCUT2D eigenvalue weighted by Crippen LogP contribution is 2.29. The van der Waals surface area contributed by atoms with Crippen molar-refractivity contribution < 1.29 is 0 Å². The molecule has 1 saturated heterocycles. The van der Waals surface area contributed by atoms with E-state index in [4.69, 9.17) is 9.97 Å². The number of nitrogens with one attached hydrogen (secondary N) is 1.